The lowest BCUT2D eigenvalue weighted by molar-refractivity contribution is 0.235. The highest BCUT2D eigenvalue weighted by Crippen LogP contribution is 2.33. The molecule has 1 aliphatic rings. The van der Waals surface area contributed by atoms with E-state index in [1.807, 2.05) is 0 Å². The summed E-state index contributed by atoms with van der Waals surface area (Å²) >= 11 is 1.76. The molecule has 6 heteroatoms. The molecule has 1 aromatic heterocycles. The van der Waals surface area contributed by atoms with Crippen LogP contribution in [0.5, 0.6) is 11.5 Å². The number of nitrogens with one attached hydrogen (secondary N) is 2. The predicted molar refractivity (Wildman–Crippen MR) is 90.0 cm³/mol. The molecule has 1 aromatic carbocycles. The molecule has 122 valence electrons. The summed E-state index contributed by atoms with van der Waals surface area (Å²) in [7, 11) is 1.50. The van der Waals surface area contributed by atoms with E-state index < -0.39 is 0 Å². The van der Waals surface area contributed by atoms with Crippen molar-refractivity contribution in [1.82, 2.24) is 10.6 Å². The second kappa shape index (κ2) is 6.91. The molecular formula is C17H20N2O3S. The lowest BCUT2D eigenvalue weighted by Crippen LogP contribution is -2.38. The van der Waals surface area contributed by atoms with Crippen LogP contribution in [-0.2, 0) is 13.0 Å². The molecule has 0 spiro atoms. The smallest absolute Gasteiger partial charge is 0.315 e. The summed E-state index contributed by atoms with van der Waals surface area (Å²) in [5, 5.41) is 17.6. The molecule has 0 aliphatic heterocycles. The van der Waals surface area contributed by atoms with Crippen molar-refractivity contribution in [3.63, 3.8) is 0 Å². The zero-order valence-corrected chi connectivity index (χ0v) is 13.8. The van der Waals surface area contributed by atoms with Crippen LogP contribution in [-0.4, -0.2) is 18.2 Å². The number of benzene rings is 1. The highest BCUT2D eigenvalue weighted by molar-refractivity contribution is 7.10. The summed E-state index contributed by atoms with van der Waals surface area (Å²) in [6.07, 6.45) is 3.19. The molecule has 5 nitrogen and oxygen atoms in total. The van der Waals surface area contributed by atoms with Gasteiger partial charge in [-0.05, 0) is 54.0 Å². The molecule has 0 fully saturated rings. The number of carbonyl (C=O) groups excluding carboxylic acids is 1. The Balaban J connectivity index is 1.57. The minimum Gasteiger partial charge on any atom is -0.504 e. The number of amides is 2. The van der Waals surface area contributed by atoms with Crippen LogP contribution in [0.3, 0.4) is 0 Å². The highest BCUT2D eigenvalue weighted by Gasteiger charge is 2.22. The van der Waals surface area contributed by atoms with Gasteiger partial charge in [-0.15, -0.1) is 11.3 Å². The summed E-state index contributed by atoms with van der Waals surface area (Å²) < 4.78 is 5.07. The van der Waals surface area contributed by atoms with Crippen LogP contribution in [0.2, 0.25) is 0 Å². The first kappa shape index (κ1) is 15.7. The predicted octanol–water partition coefficient (Wildman–Crippen LogP) is 3.34. The van der Waals surface area contributed by atoms with E-state index in [9.17, 15) is 9.90 Å². The molecule has 23 heavy (non-hydrogen) atoms. The Labute approximate surface area is 139 Å². The van der Waals surface area contributed by atoms with Gasteiger partial charge in [-0.25, -0.2) is 4.79 Å². The van der Waals surface area contributed by atoms with Gasteiger partial charge in [-0.2, -0.15) is 0 Å². The van der Waals surface area contributed by atoms with E-state index in [1.165, 1.54) is 17.6 Å². The Morgan fingerprint density at radius 1 is 1.43 bits per heavy atom. The molecule has 0 saturated heterocycles. The maximum atomic E-state index is 12.1. The van der Waals surface area contributed by atoms with E-state index in [-0.39, 0.29) is 17.8 Å². The maximum Gasteiger partial charge on any atom is 0.315 e. The summed E-state index contributed by atoms with van der Waals surface area (Å²) in [5.41, 5.74) is 2.12. The van der Waals surface area contributed by atoms with E-state index in [4.69, 9.17) is 4.74 Å². The van der Waals surface area contributed by atoms with Gasteiger partial charge in [0.05, 0.1) is 13.2 Å². The molecule has 3 N–H and O–H groups in total. The average Bonchev–Trinajstić information content (AvgIpc) is 3.04. The first-order valence-electron chi connectivity index (χ1n) is 7.64. The SMILES string of the molecule is COc1cc(CNC(=O)NC2CCCc3sccc32)ccc1O. The molecule has 1 aliphatic carbocycles. The zero-order valence-electron chi connectivity index (χ0n) is 13.0. The van der Waals surface area contributed by atoms with E-state index in [2.05, 4.69) is 22.1 Å². The van der Waals surface area contributed by atoms with Gasteiger partial charge in [-0.3, -0.25) is 0 Å². The maximum absolute atomic E-state index is 12.1. The van der Waals surface area contributed by atoms with Gasteiger partial charge < -0.3 is 20.5 Å². The Kier molecular flexibility index (Phi) is 4.71. The van der Waals surface area contributed by atoms with Crippen molar-refractivity contribution in [3.05, 3.63) is 45.6 Å². The third kappa shape index (κ3) is 3.59. The monoisotopic (exact) mass is 332 g/mol. The molecule has 0 radical (unpaired) electrons. The van der Waals surface area contributed by atoms with Gasteiger partial charge in [-0.1, -0.05) is 6.07 Å². The number of hydrogen-bond donors (Lipinski definition) is 3. The first-order valence-corrected chi connectivity index (χ1v) is 8.52. The quantitative estimate of drug-likeness (QED) is 0.804. The fraction of sp³-hybridized carbons (Fsp3) is 0.353. The van der Waals surface area contributed by atoms with E-state index in [1.54, 1.807) is 29.5 Å². The Morgan fingerprint density at radius 2 is 2.30 bits per heavy atom. The van der Waals surface area contributed by atoms with Crippen LogP contribution in [0.25, 0.3) is 0 Å². The molecule has 1 unspecified atom stereocenters. The average molecular weight is 332 g/mol. The van der Waals surface area contributed by atoms with Crippen LogP contribution >= 0.6 is 11.3 Å². The molecule has 2 amide bonds. The number of ether oxygens (including phenoxy) is 1. The van der Waals surface area contributed by atoms with Gasteiger partial charge >= 0.3 is 6.03 Å². The number of phenolic OH excluding ortho intramolecular Hbond substituents is 1. The van der Waals surface area contributed by atoms with E-state index in [0.29, 0.717) is 12.3 Å². The molecule has 1 heterocycles. The summed E-state index contributed by atoms with van der Waals surface area (Å²) in [6.45, 7) is 0.381. The van der Waals surface area contributed by atoms with Crippen LogP contribution < -0.4 is 15.4 Å². The topological polar surface area (TPSA) is 70.6 Å². The van der Waals surface area contributed by atoms with Crippen LogP contribution in [0.4, 0.5) is 4.79 Å². The number of fused-ring (bicyclic) bond motifs is 1. The Hall–Kier alpha value is -2.21. The Morgan fingerprint density at radius 3 is 3.13 bits per heavy atom. The largest absolute Gasteiger partial charge is 0.504 e. The fourth-order valence-corrected chi connectivity index (χ4v) is 3.85. The summed E-state index contributed by atoms with van der Waals surface area (Å²) in [4.78, 5) is 13.5. The molecule has 0 bridgehead atoms. The number of rotatable bonds is 4. The van der Waals surface area contributed by atoms with Crippen molar-refractivity contribution >= 4 is 17.4 Å². The molecular weight excluding hydrogens is 312 g/mol. The Bertz CT molecular complexity index is 699. The summed E-state index contributed by atoms with van der Waals surface area (Å²) in [6, 6.07) is 7.06. The van der Waals surface area contributed by atoms with Crippen molar-refractivity contribution in [2.45, 2.75) is 31.8 Å². The van der Waals surface area contributed by atoms with Crippen LogP contribution in [0.1, 0.15) is 34.9 Å². The molecule has 1 atom stereocenters. The third-order valence-electron chi connectivity index (χ3n) is 4.05. The summed E-state index contributed by atoms with van der Waals surface area (Å²) in [5.74, 6) is 0.493. The van der Waals surface area contributed by atoms with E-state index in [0.717, 1.165) is 24.8 Å². The molecule has 3 rings (SSSR count). The third-order valence-corrected chi connectivity index (χ3v) is 5.05. The van der Waals surface area contributed by atoms with Crippen molar-refractivity contribution in [2.24, 2.45) is 0 Å². The lowest BCUT2D eigenvalue weighted by Gasteiger charge is -2.23. The van der Waals surface area contributed by atoms with Crippen molar-refractivity contribution < 1.29 is 14.6 Å². The lowest BCUT2D eigenvalue weighted by atomic mass is 9.94. The number of aryl methyl sites for hydroxylation is 1. The van der Waals surface area contributed by atoms with Crippen molar-refractivity contribution in [3.8, 4) is 11.5 Å². The normalized spacial score (nSPS) is 16.5. The number of hydrogen-bond acceptors (Lipinski definition) is 4. The second-order valence-corrected chi connectivity index (χ2v) is 6.58. The number of methoxy groups -OCH3 is 1. The fourth-order valence-electron chi connectivity index (χ4n) is 2.86. The highest BCUT2D eigenvalue weighted by atomic mass is 32.1. The van der Waals surface area contributed by atoms with Gasteiger partial charge in [0.25, 0.3) is 0 Å². The minimum absolute atomic E-state index is 0.0906. The first-order chi connectivity index (χ1) is 11.2. The molecule has 0 saturated carbocycles. The zero-order chi connectivity index (χ0) is 16.2. The number of urea groups is 1. The number of carbonyl (C=O) groups is 1. The van der Waals surface area contributed by atoms with Crippen LogP contribution in [0.15, 0.2) is 29.6 Å². The number of aromatic hydroxyl groups is 1. The number of phenols is 1. The minimum atomic E-state index is -0.180. The van der Waals surface area contributed by atoms with Gasteiger partial charge in [0.1, 0.15) is 0 Å². The van der Waals surface area contributed by atoms with Gasteiger partial charge in [0.15, 0.2) is 11.5 Å². The molecule has 2 aromatic rings. The van der Waals surface area contributed by atoms with E-state index >= 15 is 0 Å². The standard InChI is InChI=1S/C17H20N2O3S/c1-22-15-9-11(5-6-14(15)20)10-18-17(21)19-13-3-2-4-16-12(13)7-8-23-16/h5-9,13,20H,2-4,10H2,1H3,(H2,18,19,21). The second-order valence-electron chi connectivity index (χ2n) is 5.58. The van der Waals surface area contributed by atoms with Crippen molar-refractivity contribution in [1.29, 1.82) is 0 Å². The van der Waals surface area contributed by atoms with Crippen molar-refractivity contribution in [2.75, 3.05) is 7.11 Å². The van der Waals surface area contributed by atoms with Gasteiger partial charge in [0.2, 0.25) is 0 Å². The van der Waals surface area contributed by atoms with Crippen LogP contribution in [0, 0.1) is 0 Å². The number of thiophene rings is 1. The van der Waals surface area contributed by atoms with Gasteiger partial charge in [0, 0.05) is 11.4 Å².